The third kappa shape index (κ3) is 7.74. The highest BCUT2D eigenvalue weighted by atomic mass is 32.2. The lowest BCUT2D eigenvalue weighted by Gasteiger charge is -2.26. The number of rotatable bonds is 6. The zero-order valence-electron chi connectivity index (χ0n) is 23.1. The van der Waals surface area contributed by atoms with Crippen LogP contribution in [0.3, 0.4) is 0 Å². The number of phenolic OH excluding ortho intramolecular Hbond substituents is 1. The fourth-order valence-corrected chi connectivity index (χ4v) is 6.19. The number of nitro groups is 1. The van der Waals surface area contributed by atoms with Gasteiger partial charge in [0.1, 0.15) is 23.9 Å². The molecule has 0 radical (unpaired) electrons. The third-order valence-electron chi connectivity index (χ3n) is 7.00. The van der Waals surface area contributed by atoms with E-state index in [1.807, 2.05) is 0 Å². The molecule has 3 atom stereocenters. The standard InChI is InChI=1S/C29H29N5O9S/c30-26(36)22-12-13-44(42,43)25-11-8-19(34(40)41)16-21(25)27(37)32-23(14-17-4-2-1-3-5-17)29(39)33-24(28(38)31-22)15-18-6-9-20(35)10-7-18/h1-11,16,22-24,35H,12-15H2,(H2,30,36)(H,31,38)(H,32,37)(H,33,39)/t22-,23-,24-/m0/s1. The van der Waals surface area contributed by atoms with Crippen LogP contribution < -0.4 is 21.7 Å². The van der Waals surface area contributed by atoms with Gasteiger partial charge in [-0.15, -0.1) is 0 Å². The van der Waals surface area contributed by atoms with Crippen LogP contribution in [0.2, 0.25) is 0 Å². The Labute approximate surface area is 251 Å². The molecule has 0 fully saturated rings. The highest BCUT2D eigenvalue weighted by molar-refractivity contribution is 7.91. The number of sulfone groups is 1. The lowest BCUT2D eigenvalue weighted by molar-refractivity contribution is -0.384. The molecule has 4 rings (SSSR count). The molecule has 0 unspecified atom stereocenters. The quantitative estimate of drug-likeness (QED) is 0.190. The van der Waals surface area contributed by atoms with Gasteiger partial charge in [-0.1, -0.05) is 42.5 Å². The van der Waals surface area contributed by atoms with Gasteiger partial charge in [0.2, 0.25) is 17.7 Å². The first-order chi connectivity index (χ1) is 20.8. The van der Waals surface area contributed by atoms with E-state index in [9.17, 15) is 42.8 Å². The summed E-state index contributed by atoms with van der Waals surface area (Å²) in [5.74, 6) is -4.57. The maximum absolute atomic E-state index is 13.7. The fraction of sp³-hybridized carbons (Fsp3) is 0.241. The lowest BCUT2D eigenvalue weighted by atomic mass is 10.0. The van der Waals surface area contributed by atoms with Crippen LogP contribution in [0, 0.1) is 10.1 Å². The molecule has 44 heavy (non-hydrogen) atoms. The number of aromatic hydroxyl groups is 1. The van der Waals surface area contributed by atoms with Crippen LogP contribution in [0.15, 0.2) is 77.7 Å². The van der Waals surface area contributed by atoms with E-state index in [2.05, 4.69) is 16.0 Å². The SMILES string of the molecule is NC(=O)[C@@H]1CCS(=O)(=O)c2ccc([N+](=O)[O-])cc2C(=O)N[C@@H](Cc2ccccc2)C(=O)N[C@@H](Cc2ccc(O)cc2)C(=O)N1. The molecule has 15 heteroatoms. The number of hydrogen-bond acceptors (Lipinski definition) is 9. The zero-order valence-corrected chi connectivity index (χ0v) is 24.0. The number of carbonyl (C=O) groups is 4. The van der Waals surface area contributed by atoms with Crippen LogP contribution in [0.1, 0.15) is 27.9 Å². The number of nitrogens with one attached hydrogen (secondary N) is 3. The van der Waals surface area contributed by atoms with Gasteiger partial charge in [-0.3, -0.25) is 29.3 Å². The third-order valence-corrected chi connectivity index (χ3v) is 8.80. The molecule has 4 amide bonds. The molecule has 0 aromatic heterocycles. The Hall–Kier alpha value is -5.31. The van der Waals surface area contributed by atoms with Crippen molar-refractivity contribution in [2.75, 3.05) is 5.75 Å². The molecular formula is C29H29N5O9S. The zero-order chi connectivity index (χ0) is 32.0. The molecule has 0 saturated heterocycles. The van der Waals surface area contributed by atoms with Crippen molar-refractivity contribution in [2.24, 2.45) is 5.73 Å². The fourth-order valence-electron chi connectivity index (χ4n) is 4.67. The second-order valence-corrected chi connectivity index (χ2v) is 12.2. The van der Waals surface area contributed by atoms with Crippen LogP contribution in [0.25, 0.3) is 0 Å². The van der Waals surface area contributed by atoms with Crippen molar-refractivity contribution in [2.45, 2.75) is 42.3 Å². The van der Waals surface area contributed by atoms with Crippen molar-refractivity contribution in [1.82, 2.24) is 16.0 Å². The van der Waals surface area contributed by atoms with Gasteiger partial charge >= 0.3 is 0 Å². The van der Waals surface area contributed by atoms with E-state index < -0.39 is 84.8 Å². The summed E-state index contributed by atoms with van der Waals surface area (Å²) in [6.07, 6.45) is -0.687. The average Bonchev–Trinajstić information content (AvgIpc) is 2.99. The average molecular weight is 624 g/mol. The Morgan fingerprint density at radius 1 is 0.886 bits per heavy atom. The number of nitrogens with zero attached hydrogens (tertiary/aromatic N) is 1. The summed E-state index contributed by atoms with van der Waals surface area (Å²) in [6, 6.07) is 12.8. The molecule has 1 aliphatic heterocycles. The normalized spacial score (nSPS) is 20.6. The van der Waals surface area contributed by atoms with Gasteiger partial charge in [0, 0.05) is 25.0 Å². The predicted octanol–water partition coefficient (Wildman–Crippen LogP) is 0.517. The summed E-state index contributed by atoms with van der Waals surface area (Å²) in [6.45, 7) is 0. The van der Waals surface area contributed by atoms with Crippen LogP contribution in [0.5, 0.6) is 5.75 Å². The molecule has 1 heterocycles. The molecule has 1 aliphatic rings. The highest BCUT2D eigenvalue weighted by Crippen LogP contribution is 2.24. The van der Waals surface area contributed by atoms with E-state index in [1.54, 1.807) is 30.3 Å². The van der Waals surface area contributed by atoms with Gasteiger partial charge in [-0.25, -0.2) is 8.42 Å². The predicted molar refractivity (Wildman–Crippen MR) is 156 cm³/mol. The van der Waals surface area contributed by atoms with E-state index >= 15 is 0 Å². The highest BCUT2D eigenvalue weighted by Gasteiger charge is 2.33. The molecule has 6 N–H and O–H groups in total. The van der Waals surface area contributed by atoms with Crippen molar-refractivity contribution >= 4 is 39.2 Å². The van der Waals surface area contributed by atoms with Crippen molar-refractivity contribution in [3.63, 3.8) is 0 Å². The summed E-state index contributed by atoms with van der Waals surface area (Å²) in [5, 5.41) is 28.6. The summed E-state index contributed by atoms with van der Waals surface area (Å²) < 4.78 is 26.8. The number of primary amides is 1. The van der Waals surface area contributed by atoms with Crippen LogP contribution >= 0.6 is 0 Å². The Morgan fingerprint density at radius 2 is 1.48 bits per heavy atom. The van der Waals surface area contributed by atoms with E-state index in [0.717, 1.165) is 18.2 Å². The van der Waals surface area contributed by atoms with E-state index in [-0.39, 0.29) is 18.6 Å². The first kappa shape index (κ1) is 31.6. The Kier molecular flexibility index (Phi) is 9.58. The largest absolute Gasteiger partial charge is 0.508 e. The number of nitro benzene ring substituents is 1. The minimum Gasteiger partial charge on any atom is -0.508 e. The second kappa shape index (κ2) is 13.3. The van der Waals surface area contributed by atoms with Crippen molar-refractivity contribution < 1.29 is 37.6 Å². The number of hydrogen-bond donors (Lipinski definition) is 5. The first-order valence-electron chi connectivity index (χ1n) is 13.4. The molecule has 3 aromatic rings. The van der Waals surface area contributed by atoms with Gasteiger partial charge < -0.3 is 26.8 Å². The summed E-state index contributed by atoms with van der Waals surface area (Å²) in [5.41, 5.74) is 5.47. The van der Waals surface area contributed by atoms with E-state index in [0.29, 0.717) is 11.1 Å². The molecule has 0 aliphatic carbocycles. The molecular weight excluding hydrogens is 594 g/mol. The van der Waals surface area contributed by atoms with Crippen molar-refractivity contribution in [3.05, 3.63) is 99.6 Å². The van der Waals surface area contributed by atoms with Gasteiger partial charge in [-0.05, 0) is 35.7 Å². The maximum Gasteiger partial charge on any atom is 0.270 e. The number of carbonyl (C=O) groups excluding carboxylic acids is 4. The number of non-ortho nitro benzene ring substituents is 1. The molecule has 0 spiro atoms. The van der Waals surface area contributed by atoms with Gasteiger partial charge in [-0.2, -0.15) is 0 Å². The molecule has 230 valence electrons. The summed E-state index contributed by atoms with van der Waals surface area (Å²) >= 11 is 0. The number of benzene rings is 3. The monoisotopic (exact) mass is 623 g/mol. The summed E-state index contributed by atoms with van der Waals surface area (Å²) in [4.78, 5) is 63.1. The Morgan fingerprint density at radius 3 is 2.09 bits per heavy atom. The first-order valence-corrected chi connectivity index (χ1v) is 15.0. The second-order valence-electron chi connectivity index (χ2n) is 10.2. The lowest BCUT2D eigenvalue weighted by Crippen LogP contribution is -2.57. The topological polar surface area (TPSA) is 228 Å². The Balaban J connectivity index is 1.81. The number of fused-ring (bicyclic) bond motifs is 1. The molecule has 0 saturated carbocycles. The van der Waals surface area contributed by atoms with Crippen LogP contribution in [-0.4, -0.2) is 66.0 Å². The van der Waals surface area contributed by atoms with E-state index in [4.69, 9.17) is 5.73 Å². The van der Waals surface area contributed by atoms with E-state index in [1.165, 1.54) is 24.3 Å². The molecule has 3 aromatic carbocycles. The summed E-state index contributed by atoms with van der Waals surface area (Å²) in [7, 11) is -4.37. The van der Waals surface area contributed by atoms with Gasteiger partial charge in [0.05, 0.1) is 21.1 Å². The van der Waals surface area contributed by atoms with Crippen LogP contribution in [0.4, 0.5) is 5.69 Å². The maximum atomic E-state index is 13.7. The smallest absolute Gasteiger partial charge is 0.270 e. The minimum absolute atomic E-state index is 0.0330. The van der Waals surface area contributed by atoms with Crippen molar-refractivity contribution in [1.29, 1.82) is 0 Å². The minimum atomic E-state index is -4.37. The number of amides is 4. The molecule has 14 nitrogen and oxygen atoms in total. The van der Waals surface area contributed by atoms with Crippen molar-refractivity contribution in [3.8, 4) is 5.75 Å². The number of phenols is 1. The molecule has 0 bridgehead atoms. The van der Waals surface area contributed by atoms with Crippen LogP contribution in [-0.2, 0) is 37.1 Å². The van der Waals surface area contributed by atoms with Gasteiger partial charge in [0.25, 0.3) is 11.6 Å². The number of nitrogens with two attached hydrogens (primary N) is 1. The van der Waals surface area contributed by atoms with Gasteiger partial charge in [0.15, 0.2) is 9.84 Å². The Bertz CT molecular complexity index is 1700.